The van der Waals surface area contributed by atoms with Gasteiger partial charge in [0.15, 0.2) is 0 Å². The summed E-state index contributed by atoms with van der Waals surface area (Å²) in [4.78, 5) is 15.8. The van der Waals surface area contributed by atoms with Crippen molar-refractivity contribution in [3.8, 4) is 0 Å². The van der Waals surface area contributed by atoms with Gasteiger partial charge >= 0.3 is 0 Å². The summed E-state index contributed by atoms with van der Waals surface area (Å²) in [5.41, 5.74) is 2.23. The maximum atomic E-state index is 11.8. The van der Waals surface area contributed by atoms with Gasteiger partial charge in [0.05, 0.1) is 5.51 Å². The summed E-state index contributed by atoms with van der Waals surface area (Å²) < 4.78 is 0. The molecule has 0 spiro atoms. The Morgan fingerprint density at radius 3 is 2.88 bits per heavy atom. The Bertz CT molecular complexity index is 355. The van der Waals surface area contributed by atoms with E-state index >= 15 is 0 Å². The van der Waals surface area contributed by atoms with Crippen LogP contribution in [-0.2, 0) is 0 Å². The Morgan fingerprint density at radius 1 is 1.47 bits per heavy atom. The molecule has 3 nitrogen and oxygen atoms in total. The number of halogens is 1. The van der Waals surface area contributed by atoms with Crippen LogP contribution in [0, 0.1) is 11.8 Å². The third kappa shape index (κ3) is 3.52. The van der Waals surface area contributed by atoms with Gasteiger partial charge in [0.1, 0.15) is 5.69 Å². The van der Waals surface area contributed by atoms with Crippen LogP contribution in [0.3, 0.4) is 0 Å². The zero-order valence-electron chi connectivity index (χ0n) is 9.69. The molecule has 1 aromatic rings. The number of hydrogen-bond acceptors (Lipinski definition) is 3. The van der Waals surface area contributed by atoms with Crippen molar-refractivity contribution in [3.63, 3.8) is 0 Å². The molecule has 1 fully saturated rings. The van der Waals surface area contributed by atoms with Gasteiger partial charge in [-0.05, 0) is 24.7 Å². The van der Waals surface area contributed by atoms with Crippen molar-refractivity contribution in [3.05, 3.63) is 16.6 Å². The van der Waals surface area contributed by atoms with Crippen molar-refractivity contribution in [2.75, 3.05) is 11.9 Å². The van der Waals surface area contributed by atoms with Crippen LogP contribution in [0.15, 0.2) is 10.9 Å². The SMILES string of the molecule is O=C(NCC1CCCCC1CBr)c1cscn1. The summed E-state index contributed by atoms with van der Waals surface area (Å²) in [5.74, 6) is 1.29. The van der Waals surface area contributed by atoms with E-state index in [9.17, 15) is 4.79 Å². The predicted molar refractivity (Wildman–Crippen MR) is 73.7 cm³/mol. The quantitative estimate of drug-likeness (QED) is 0.867. The molecule has 1 N–H and O–H groups in total. The average Bonchev–Trinajstić information content (AvgIpc) is 2.90. The first kappa shape index (κ1) is 13.0. The molecule has 1 saturated carbocycles. The molecule has 0 aromatic carbocycles. The molecular weight excluding hydrogens is 300 g/mol. The fraction of sp³-hybridized carbons (Fsp3) is 0.667. The Morgan fingerprint density at radius 2 is 2.24 bits per heavy atom. The number of amides is 1. The molecule has 1 aliphatic carbocycles. The van der Waals surface area contributed by atoms with Gasteiger partial charge in [-0.2, -0.15) is 0 Å². The van der Waals surface area contributed by atoms with Gasteiger partial charge in [-0.15, -0.1) is 11.3 Å². The molecule has 0 radical (unpaired) electrons. The molecule has 2 rings (SSSR count). The molecule has 0 bridgehead atoms. The van der Waals surface area contributed by atoms with Gasteiger partial charge in [-0.1, -0.05) is 28.8 Å². The number of alkyl halides is 1. The number of hydrogen-bond donors (Lipinski definition) is 1. The maximum absolute atomic E-state index is 11.8. The van der Waals surface area contributed by atoms with Crippen molar-refractivity contribution >= 4 is 33.2 Å². The minimum Gasteiger partial charge on any atom is -0.350 e. The van der Waals surface area contributed by atoms with Crippen molar-refractivity contribution < 1.29 is 4.79 Å². The summed E-state index contributed by atoms with van der Waals surface area (Å²) in [6.07, 6.45) is 5.13. The third-order valence-corrected chi connectivity index (χ3v) is 4.87. The van der Waals surface area contributed by atoms with Crippen LogP contribution >= 0.6 is 27.3 Å². The van der Waals surface area contributed by atoms with Gasteiger partial charge in [0.25, 0.3) is 5.91 Å². The van der Waals surface area contributed by atoms with Gasteiger partial charge in [-0.3, -0.25) is 4.79 Å². The molecule has 2 atom stereocenters. The first-order valence-corrected chi connectivity index (χ1v) is 8.10. The van der Waals surface area contributed by atoms with Crippen molar-refractivity contribution in [2.45, 2.75) is 25.7 Å². The Labute approximate surface area is 114 Å². The third-order valence-electron chi connectivity index (χ3n) is 3.45. The van der Waals surface area contributed by atoms with Crippen LogP contribution in [0.1, 0.15) is 36.2 Å². The second-order valence-corrected chi connectivity index (χ2v) is 5.91. The van der Waals surface area contributed by atoms with Crippen molar-refractivity contribution in [2.24, 2.45) is 11.8 Å². The summed E-state index contributed by atoms with van der Waals surface area (Å²) >= 11 is 5.03. The number of thiazole rings is 1. The van der Waals surface area contributed by atoms with E-state index in [1.807, 2.05) is 0 Å². The monoisotopic (exact) mass is 316 g/mol. The van der Waals surface area contributed by atoms with E-state index in [0.29, 0.717) is 17.5 Å². The van der Waals surface area contributed by atoms with E-state index in [1.54, 1.807) is 10.9 Å². The summed E-state index contributed by atoms with van der Waals surface area (Å²) in [5, 5.41) is 5.84. The molecule has 17 heavy (non-hydrogen) atoms. The Kier molecular flexibility index (Phi) is 4.98. The largest absolute Gasteiger partial charge is 0.350 e. The topological polar surface area (TPSA) is 42.0 Å². The van der Waals surface area contributed by atoms with Crippen molar-refractivity contribution in [1.82, 2.24) is 10.3 Å². The maximum Gasteiger partial charge on any atom is 0.270 e. The number of nitrogens with one attached hydrogen (secondary N) is 1. The van der Waals surface area contributed by atoms with E-state index in [2.05, 4.69) is 26.2 Å². The van der Waals surface area contributed by atoms with Crippen LogP contribution in [0.5, 0.6) is 0 Å². The van der Waals surface area contributed by atoms with Crippen LogP contribution in [0.4, 0.5) is 0 Å². The zero-order valence-corrected chi connectivity index (χ0v) is 12.1. The van der Waals surface area contributed by atoms with Crippen LogP contribution < -0.4 is 5.32 Å². The number of nitrogens with zero attached hydrogens (tertiary/aromatic N) is 1. The van der Waals surface area contributed by atoms with Gasteiger partial charge < -0.3 is 5.32 Å². The van der Waals surface area contributed by atoms with E-state index in [-0.39, 0.29) is 5.91 Å². The summed E-state index contributed by atoms with van der Waals surface area (Å²) in [7, 11) is 0. The predicted octanol–water partition coefficient (Wildman–Crippen LogP) is 3.07. The van der Waals surface area contributed by atoms with Crippen LogP contribution in [0.25, 0.3) is 0 Å². The molecule has 1 heterocycles. The standard InChI is InChI=1S/C12H17BrN2OS/c13-5-9-3-1-2-4-10(9)6-14-12(16)11-7-17-8-15-11/h7-10H,1-6H2,(H,14,16). The smallest absolute Gasteiger partial charge is 0.270 e. The Hall–Kier alpha value is -0.420. The molecule has 0 saturated heterocycles. The van der Waals surface area contributed by atoms with Gasteiger partial charge in [0.2, 0.25) is 0 Å². The van der Waals surface area contributed by atoms with E-state index in [1.165, 1.54) is 37.0 Å². The second-order valence-electron chi connectivity index (χ2n) is 4.54. The number of carbonyl (C=O) groups excluding carboxylic acids is 1. The fourth-order valence-electron chi connectivity index (χ4n) is 2.40. The molecule has 1 aromatic heterocycles. The lowest BCUT2D eigenvalue weighted by atomic mass is 9.80. The summed E-state index contributed by atoms with van der Waals surface area (Å²) in [6, 6.07) is 0. The molecule has 94 valence electrons. The highest BCUT2D eigenvalue weighted by Crippen LogP contribution is 2.30. The second kappa shape index (κ2) is 6.50. The average molecular weight is 317 g/mol. The molecule has 2 unspecified atom stereocenters. The van der Waals surface area contributed by atoms with Crippen LogP contribution in [0.2, 0.25) is 0 Å². The molecule has 1 aliphatic rings. The fourth-order valence-corrected chi connectivity index (χ4v) is 3.78. The first-order chi connectivity index (χ1) is 8.31. The van der Waals surface area contributed by atoms with E-state index < -0.39 is 0 Å². The zero-order chi connectivity index (χ0) is 12.1. The minimum absolute atomic E-state index is 0.0369. The summed E-state index contributed by atoms with van der Waals surface area (Å²) in [6.45, 7) is 0.784. The van der Waals surface area contributed by atoms with Gasteiger partial charge in [0, 0.05) is 17.3 Å². The highest BCUT2D eigenvalue weighted by molar-refractivity contribution is 9.09. The number of rotatable bonds is 4. The lowest BCUT2D eigenvalue weighted by Gasteiger charge is -2.30. The first-order valence-electron chi connectivity index (χ1n) is 6.03. The van der Waals surface area contributed by atoms with E-state index in [4.69, 9.17) is 0 Å². The normalized spacial score (nSPS) is 24.5. The number of carbonyl (C=O) groups is 1. The van der Waals surface area contributed by atoms with Crippen LogP contribution in [-0.4, -0.2) is 22.8 Å². The minimum atomic E-state index is -0.0369. The lowest BCUT2D eigenvalue weighted by Crippen LogP contribution is -2.34. The molecule has 0 aliphatic heterocycles. The van der Waals surface area contributed by atoms with Crippen molar-refractivity contribution in [1.29, 1.82) is 0 Å². The lowest BCUT2D eigenvalue weighted by molar-refractivity contribution is 0.0932. The molecule has 5 heteroatoms. The number of aromatic nitrogens is 1. The van der Waals surface area contributed by atoms with Gasteiger partial charge in [-0.25, -0.2) is 4.98 Å². The molecular formula is C12H17BrN2OS. The van der Waals surface area contributed by atoms with E-state index in [0.717, 1.165) is 11.9 Å². The molecule has 1 amide bonds. The highest BCUT2D eigenvalue weighted by Gasteiger charge is 2.24. The Balaban J connectivity index is 1.82. The highest BCUT2D eigenvalue weighted by atomic mass is 79.9.